The van der Waals surface area contributed by atoms with Crippen LogP contribution < -0.4 is 14.3 Å². The van der Waals surface area contributed by atoms with Crippen molar-refractivity contribution in [3.8, 4) is 17.4 Å². The molecule has 0 aliphatic heterocycles. The Bertz CT molecular complexity index is 1150. The second kappa shape index (κ2) is 11.9. The van der Waals surface area contributed by atoms with Gasteiger partial charge in [0.2, 0.25) is 5.88 Å². The van der Waals surface area contributed by atoms with Crippen LogP contribution >= 0.6 is 11.3 Å². The predicted octanol–water partition coefficient (Wildman–Crippen LogP) is 3.66. The van der Waals surface area contributed by atoms with E-state index in [1.54, 1.807) is 43.5 Å². The number of nitrogens with one attached hydrogen (secondary N) is 1. The monoisotopic (exact) mass is 487 g/mol. The van der Waals surface area contributed by atoms with Crippen LogP contribution in [0.2, 0.25) is 0 Å². The summed E-state index contributed by atoms with van der Waals surface area (Å²) in [5.74, 6) is -0.387. The van der Waals surface area contributed by atoms with Gasteiger partial charge in [-0.05, 0) is 41.8 Å². The smallest absolute Gasteiger partial charge is 0.307 e. The third-order valence-corrected chi connectivity index (χ3v) is 5.79. The zero-order chi connectivity index (χ0) is 24.5. The summed E-state index contributed by atoms with van der Waals surface area (Å²) in [6.45, 7) is 0.0521. The van der Waals surface area contributed by atoms with Gasteiger partial charge in [0.15, 0.2) is 6.10 Å². The number of ether oxygens (including phenoxy) is 3. The summed E-state index contributed by atoms with van der Waals surface area (Å²) < 4.78 is 16.6. The van der Waals surface area contributed by atoms with Gasteiger partial charge < -0.3 is 24.4 Å². The Morgan fingerprint density at radius 3 is 2.29 bits per heavy atom. The first-order valence-corrected chi connectivity index (χ1v) is 11.3. The maximum atomic E-state index is 12.3. The molecule has 0 saturated heterocycles. The first-order valence-electron chi connectivity index (χ1n) is 10.5. The van der Waals surface area contributed by atoms with Gasteiger partial charge in [-0.1, -0.05) is 35.6 Å². The number of hydrogen-bond acceptors (Lipinski definition) is 8. The van der Waals surface area contributed by atoms with Crippen molar-refractivity contribution >= 4 is 23.3 Å². The second-order valence-electron chi connectivity index (χ2n) is 7.42. The molecule has 1 aromatic heterocycles. The number of H-pyrrole nitrogens is 1. The molecule has 1 atom stereocenters. The molecule has 0 aliphatic rings. The summed E-state index contributed by atoms with van der Waals surface area (Å²) in [6, 6.07) is 14.2. The number of methoxy groups -OCH3 is 1. The lowest BCUT2D eigenvalue weighted by Crippen LogP contribution is -2.18. The highest BCUT2D eigenvalue weighted by molar-refractivity contribution is 7.09. The first kappa shape index (κ1) is 24.8. The average Bonchev–Trinajstić information content (AvgIpc) is 3.13. The van der Waals surface area contributed by atoms with Crippen molar-refractivity contribution in [3.05, 3.63) is 74.2 Å². The van der Waals surface area contributed by atoms with E-state index in [9.17, 15) is 19.5 Å². The van der Waals surface area contributed by atoms with Gasteiger partial charge in [-0.25, -0.2) is 0 Å². The fourth-order valence-corrected chi connectivity index (χ4v) is 3.91. The Hall–Kier alpha value is -3.79. The quantitative estimate of drug-likeness (QED) is 0.330. The van der Waals surface area contributed by atoms with E-state index >= 15 is 0 Å². The minimum Gasteiger partial charge on any atom is -0.497 e. The van der Waals surface area contributed by atoms with Crippen molar-refractivity contribution in [1.82, 2.24) is 4.98 Å². The van der Waals surface area contributed by atoms with Gasteiger partial charge in [0.25, 0.3) is 0 Å². The standard InChI is InChI=1S/C24H25NO8S/c1-31-17-11-7-16(8-12-17)19(33-22(28)4-2-3-21(26)27)14-32-18-9-5-15(6-10-18)13-20-23(29)25-24(30)34-20/h5-12,19,29H,2-4,13-14H2,1H3,(H,25,30)(H,26,27). The highest BCUT2D eigenvalue weighted by Crippen LogP contribution is 2.25. The molecule has 3 N–H and O–H groups in total. The molecule has 0 radical (unpaired) electrons. The van der Waals surface area contributed by atoms with E-state index in [0.717, 1.165) is 16.9 Å². The van der Waals surface area contributed by atoms with E-state index in [1.165, 1.54) is 0 Å². The highest BCUT2D eigenvalue weighted by Gasteiger charge is 2.19. The molecule has 0 bridgehead atoms. The van der Waals surface area contributed by atoms with E-state index in [-0.39, 0.29) is 36.6 Å². The zero-order valence-corrected chi connectivity index (χ0v) is 19.3. The number of thiazole rings is 1. The van der Waals surface area contributed by atoms with Gasteiger partial charge >= 0.3 is 16.8 Å². The largest absolute Gasteiger partial charge is 0.497 e. The third-order valence-electron chi connectivity index (χ3n) is 4.92. The molecule has 0 spiro atoms. The van der Waals surface area contributed by atoms with Crippen molar-refractivity contribution in [2.75, 3.05) is 13.7 Å². The van der Waals surface area contributed by atoms with Crippen molar-refractivity contribution in [2.45, 2.75) is 31.8 Å². The SMILES string of the molecule is COc1ccc(C(COc2ccc(Cc3sc(=O)[nH]c3O)cc2)OC(=O)CCCC(=O)O)cc1. The Morgan fingerprint density at radius 2 is 1.71 bits per heavy atom. The van der Waals surface area contributed by atoms with Crippen LogP contribution in [0.5, 0.6) is 17.4 Å². The topological polar surface area (TPSA) is 135 Å². The van der Waals surface area contributed by atoms with Crippen LogP contribution in [0.4, 0.5) is 0 Å². The van der Waals surface area contributed by atoms with E-state index in [0.29, 0.717) is 28.4 Å². The Labute approximate surface area is 199 Å². The lowest BCUT2D eigenvalue weighted by molar-refractivity contribution is -0.151. The van der Waals surface area contributed by atoms with Gasteiger partial charge in [0.05, 0.1) is 12.0 Å². The molecule has 0 aliphatic carbocycles. The minimum atomic E-state index is -0.966. The van der Waals surface area contributed by atoms with Crippen LogP contribution in [0.1, 0.15) is 41.4 Å². The molecule has 9 nitrogen and oxygen atoms in total. The van der Waals surface area contributed by atoms with Gasteiger partial charge in [0.1, 0.15) is 18.1 Å². The highest BCUT2D eigenvalue weighted by atomic mass is 32.1. The molecule has 1 unspecified atom stereocenters. The van der Waals surface area contributed by atoms with Crippen molar-refractivity contribution < 1.29 is 34.0 Å². The van der Waals surface area contributed by atoms with Crippen molar-refractivity contribution in [2.24, 2.45) is 0 Å². The number of hydrogen-bond donors (Lipinski definition) is 3. The fourth-order valence-electron chi connectivity index (χ4n) is 3.15. The van der Waals surface area contributed by atoms with Crippen molar-refractivity contribution in [3.63, 3.8) is 0 Å². The molecular formula is C24H25NO8S. The maximum absolute atomic E-state index is 12.3. The summed E-state index contributed by atoms with van der Waals surface area (Å²) in [5.41, 5.74) is 1.59. The van der Waals surface area contributed by atoms with E-state index < -0.39 is 18.0 Å². The minimum absolute atomic E-state index is 0.00821. The molecule has 3 rings (SSSR count). The van der Waals surface area contributed by atoms with E-state index in [4.69, 9.17) is 19.3 Å². The normalized spacial score (nSPS) is 11.6. The molecule has 0 amide bonds. The fraction of sp³-hybridized carbons (Fsp3) is 0.292. The number of rotatable bonds is 12. The summed E-state index contributed by atoms with van der Waals surface area (Å²) in [4.78, 5) is 36.8. The molecular weight excluding hydrogens is 462 g/mol. The lowest BCUT2D eigenvalue weighted by atomic mass is 10.1. The van der Waals surface area contributed by atoms with E-state index in [1.807, 2.05) is 12.1 Å². The molecule has 2 aromatic carbocycles. The number of aromatic amines is 1. The number of benzene rings is 2. The number of aliphatic carboxylic acids is 1. The predicted molar refractivity (Wildman–Crippen MR) is 125 cm³/mol. The van der Waals surface area contributed by atoms with Crippen LogP contribution in [0.3, 0.4) is 0 Å². The van der Waals surface area contributed by atoms with Gasteiger partial charge in [0, 0.05) is 19.3 Å². The Kier molecular flexibility index (Phi) is 8.69. The number of carbonyl (C=O) groups excluding carboxylic acids is 1. The maximum Gasteiger partial charge on any atom is 0.307 e. The number of esters is 1. The summed E-state index contributed by atoms with van der Waals surface area (Å²) in [5, 5.41) is 18.5. The van der Waals surface area contributed by atoms with Crippen molar-refractivity contribution in [1.29, 1.82) is 0 Å². The van der Waals surface area contributed by atoms with Crippen LogP contribution in [0.15, 0.2) is 53.3 Å². The summed E-state index contributed by atoms with van der Waals surface area (Å²) in [6.07, 6.45) is -0.222. The van der Waals surface area contributed by atoms with Crippen LogP contribution in [-0.2, 0) is 20.7 Å². The molecule has 180 valence electrons. The van der Waals surface area contributed by atoms with Crippen LogP contribution in [0.25, 0.3) is 0 Å². The zero-order valence-electron chi connectivity index (χ0n) is 18.5. The third kappa shape index (κ3) is 7.38. The number of carboxylic acids is 1. The summed E-state index contributed by atoms with van der Waals surface area (Å²) >= 11 is 0.958. The first-order chi connectivity index (χ1) is 16.3. The number of aromatic nitrogens is 1. The Morgan fingerprint density at radius 1 is 1.03 bits per heavy atom. The Balaban J connectivity index is 1.63. The molecule has 0 saturated carbocycles. The molecule has 3 aromatic rings. The molecule has 0 fully saturated rings. The molecule has 34 heavy (non-hydrogen) atoms. The summed E-state index contributed by atoms with van der Waals surface area (Å²) in [7, 11) is 1.55. The van der Waals surface area contributed by atoms with E-state index in [2.05, 4.69) is 4.98 Å². The lowest BCUT2D eigenvalue weighted by Gasteiger charge is -2.19. The molecule has 1 heterocycles. The average molecular weight is 488 g/mol. The number of carboxylic acid groups (broad SMARTS) is 1. The van der Waals surface area contributed by atoms with Crippen LogP contribution in [0, 0.1) is 0 Å². The van der Waals surface area contributed by atoms with Gasteiger partial charge in [-0.2, -0.15) is 0 Å². The van der Waals surface area contributed by atoms with Gasteiger partial charge in [-0.15, -0.1) is 0 Å². The van der Waals surface area contributed by atoms with Gasteiger partial charge in [-0.3, -0.25) is 19.4 Å². The second-order valence-corrected chi connectivity index (χ2v) is 8.48. The number of carbonyl (C=O) groups is 2. The molecule has 10 heteroatoms. The number of aromatic hydroxyl groups is 1. The van der Waals surface area contributed by atoms with Crippen LogP contribution in [-0.4, -0.2) is 40.9 Å².